The molecule has 1 fully saturated rings. The molecule has 1 unspecified atom stereocenters. The maximum Gasteiger partial charge on any atom is 0.219 e. The van der Waals surface area contributed by atoms with E-state index < -0.39 is 6.67 Å². The Morgan fingerprint density at radius 2 is 2.15 bits per heavy atom. The zero-order chi connectivity index (χ0) is 19.9. The fourth-order valence-corrected chi connectivity index (χ4v) is 2.43. The summed E-state index contributed by atoms with van der Waals surface area (Å²) in [6, 6.07) is 0. The summed E-state index contributed by atoms with van der Waals surface area (Å²) in [7, 11) is 1.53. The Hall–Kier alpha value is -2.47. The molecule has 1 saturated carbocycles. The molecule has 0 aliphatic heterocycles. The lowest BCUT2D eigenvalue weighted by Crippen LogP contribution is -2.11. The second-order valence-corrected chi connectivity index (χ2v) is 6.17. The first-order chi connectivity index (χ1) is 13.2. The second-order valence-electron chi connectivity index (χ2n) is 6.17. The molecule has 0 bridgehead atoms. The first kappa shape index (κ1) is 22.6. The molecule has 6 heteroatoms. The molecule has 1 aliphatic rings. The minimum atomic E-state index is -0.674. The molecule has 27 heavy (non-hydrogen) atoms. The Bertz CT molecular complexity index is 629. The minimum Gasteiger partial charge on any atom is -0.447 e. The lowest BCUT2D eigenvalue weighted by atomic mass is 9.80. The smallest absolute Gasteiger partial charge is 0.219 e. The number of methoxy groups -OCH3 is 1. The van der Waals surface area contributed by atoms with Gasteiger partial charge in [-0.15, -0.1) is 0 Å². The van der Waals surface area contributed by atoms with Gasteiger partial charge in [0.25, 0.3) is 0 Å². The Morgan fingerprint density at radius 1 is 1.37 bits per heavy atom. The lowest BCUT2D eigenvalue weighted by molar-refractivity contribution is 0.209. The number of allylic oxidation sites excluding steroid dienone is 6. The Balaban J connectivity index is 2.81. The monoisotopic (exact) mass is 375 g/mol. The van der Waals surface area contributed by atoms with E-state index in [0.717, 1.165) is 0 Å². The molecule has 0 aromatic carbocycles. The van der Waals surface area contributed by atoms with Gasteiger partial charge in [0, 0.05) is 18.6 Å². The zero-order valence-corrected chi connectivity index (χ0v) is 16.2. The van der Waals surface area contributed by atoms with Crippen molar-refractivity contribution in [3.8, 4) is 0 Å². The maximum atomic E-state index is 13.5. The number of nitrogens with zero attached hydrogens (tertiary/aromatic N) is 2. The molecular weight excluding hydrogens is 345 g/mol. The number of alkyl halides is 1. The molecule has 148 valence electrons. The summed E-state index contributed by atoms with van der Waals surface area (Å²) in [5, 5.41) is 0. The summed E-state index contributed by atoms with van der Waals surface area (Å²) in [5.41, 5.74) is 7.29. The molecule has 0 amide bonds. The van der Waals surface area contributed by atoms with Gasteiger partial charge in [-0.25, -0.2) is 14.4 Å². The van der Waals surface area contributed by atoms with E-state index in [1.807, 2.05) is 12.2 Å². The highest BCUT2D eigenvalue weighted by atomic mass is 19.1. The third-order valence-electron chi connectivity index (χ3n) is 4.30. The van der Waals surface area contributed by atoms with Crippen LogP contribution >= 0.6 is 0 Å². The average Bonchev–Trinajstić information content (AvgIpc) is 2.62. The van der Waals surface area contributed by atoms with E-state index in [2.05, 4.69) is 29.6 Å². The van der Waals surface area contributed by atoms with Crippen LogP contribution in [0, 0.1) is 11.8 Å². The number of ether oxygens (including phenoxy) is 2. The van der Waals surface area contributed by atoms with Crippen LogP contribution in [-0.4, -0.2) is 32.8 Å². The van der Waals surface area contributed by atoms with Crippen LogP contribution in [0.4, 0.5) is 4.39 Å². The molecule has 0 aromatic rings. The summed E-state index contributed by atoms with van der Waals surface area (Å²) in [6.45, 7) is 5.27. The van der Waals surface area contributed by atoms with E-state index in [0.29, 0.717) is 11.5 Å². The fraction of sp³-hybridized carbons (Fsp3) is 0.429. The van der Waals surface area contributed by atoms with Crippen molar-refractivity contribution in [1.29, 1.82) is 0 Å². The van der Waals surface area contributed by atoms with Gasteiger partial charge in [-0.1, -0.05) is 42.9 Å². The van der Waals surface area contributed by atoms with Gasteiger partial charge in [-0.3, -0.25) is 0 Å². The highest BCUT2D eigenvalue weighted by molar-refractivity contribution is 5.92. The van der Waals surface area contributed by atoms with Gasteiger partial charge < -0.3 is 15.2 Å². The van der Waals surface area contributed by atoms with Crippen LogP contribution in [0.5, 0.6) is 0 Å². The number of hydrogen-bond acceptors (Lipinski definition) is 4. The van der Waals surface area contributed by atoms with E-state index in [4.69, 9.17) is 15.2 Å². The summed E-state index contributed by atoms with van der Waals surface area (Å²) in [6.07, 6.45) is 16.9. The van der Waals surface area contributed by atoms with Crippen LogP contribution in [0.1, 0.15) is 26.2 Å². The molecule has 1 aliphatic carbocycles. The number of halogens is 1. The number of aliphatic imine (C=N–C) groups is 2. The van der Waals surface area contributed by atoms with Crippen LogP contribution in [0.15, 0.2) is 70.6 Å². The first-order valence-electron chi connectivity index (χ1n) is 8.98. The van der Waals surface area contributed by atoms with Crippen LogP contribution in [0.2, 0.25) is 0 Å². The quantitative estimate of drug-likeness (QED) is 0.251. The van der Waals surface area contributed by atoms with Crippen molar-refractivity contribution in [3.63, 3.8) is 0 Å². The van der Waals surface area contributed by atoms with E-state index in [-0.39, 0.29) is 18.5 Å². The molecule has 1 rings (SSSR count). The van der Waals surface area contributed by atoms with Crippen LogP contribution < -0.4 is 5.73 Å². The Labute approximate surface area is 161 Å². The SMILES string of the molecule is C=C/C(=N\C=N/COC)O/C=C(\CF)C(C=C/C=C(\C)C1CCC1)/C=C/N. The maximum absolute atomic E-state index is 13.5. The predicted octanol–water partition coefficient (Wildman–Crippen LogP) is 4.46. The molecule has 1 atom stereocenters. The standard InChI is InChI=1S/C21H30FN3O2/c1-4-21(25-15-24-16-26-3)27-14-20(13-22)19(11-12-23)10-5-7-17(2)18-8-6-9-18/h4-5,7,10-12,14-15,18-19H,1,6,8-9,13,16,23H2,2-3H3/b10-5?,12-11+,17-7+,20-14+,24-15-,25-21+. The van der Waals surface area contributed by atoms with Gasteiger partial charge in [0.1, 0.15) is 19.7 Å². The zero-order valence-electron chi connectivity index (χ0n) is 16.2. The van der Waals surface area contributed by atoms with Crippen molar-refractivity contribution in [2.45, 2.75) is 26.2 Å². The molecule has 5 nitrogen and oxygen atoms in total. The highest BCUT2D eigenvalue weighted by Gasteiger charge is 2.18. The van der Waals surface area contributed by atoms with Crippen LogP contribution in [0.3, 0.4) is 0 Å². The average molecular weight is 375 g/mol. The third-order valence-corrected chi connectivity index (χ3v) is 4.30. The molecule has 0 saturated heterocycles. The lowest BCUT2D eigenvalue weighted by Gasteiger charge is -2.26. The third kappa shape index (κ3) is 8.64. The number of rotatable bonds is 11. The first-order valence-corrected chi connectivity index (χ1v) is 8.98. The summed E-state index contributed by atoms with van der Waals surface area (Å²) in [5.74, 6) is 0.587. The Kier molecular flexibility index (Phi) is 11.4. The molecular formula is C21H30FN3O2. The highest BCUT2D eigenvalue weighted by Crippen LogP contribution is 2.32. The number of nitrogens with two attached hydrogens (primary N) is 1. The summed E-state index contributed by atoms with van der Waals surface area (Å²) >= 11 is 0. The topological polar surface area (TPSA) is 69.2 Å². The molecule has 0 aromatic heterocycles. The molecule has 0 heterocycles. The van der Waals surface area contributed by atoms with Crippen molar-refractivity contribution in [2.24, 2.45) is 27.6 Å². The van der Waals surface area contributed by atoms with Crippen molar-refractivity contribution < 1.29 is 13.9 Å². The van der Waals surface area contributed by atoms with Crippen LogP contribution in [0.25, 0.3) is 0 Å². The van der Waals surface area contributed by atoms with Gasteiger partial charge in [-0.05, 0) is 38.0 Å². The summed E-state index contributed by atoms with van der Waals surface area (Å²) < 4.78 is 23.7. The van der Waals surface area contributed by atoms with Crippen molar-refractivity contribution in [1.82, 2.24) is 0 Å². The van der Waals surface area contributed by atoms with E-state index >= 15 is 0 Å². The van der Waals surface area contributed by atoms with Gasteiger partial charge in [0.05, 0.1) is 6.26 Å². The predicted molar refractivity (Wildman–Crippen MR) is 110 cm³/mol. The van der Waals surface area contributed by atoms with E-state index in [9.17, 15) is 4.39 Å². The molecule has 2 N–H and O–H groups in total. The van der Waals surface area contributed by atoms with Gasteiger partial charge in [0.15, 0.2) is 0 Å². The second kappa shape index (κ2) is 13.7. The largest absolute Gasteiger partial charge is 0.447 e. The van der Waals surface area contributed by atoms with Crippen molar-refractivity contribution in [3.05, 3.63) is 60.6 Å². The van der Waals surface area contributed by atoms with Crippen molar-refractivity contribution in [2.75, 3.05) is 20.5 Å². The van der Waals surface area contributed by atoms with E-state index in [1.165, 1.54) is 56.8 Å². The van der Waals surface area contributed by atoms with Gasteiger partial charge in [-0.2, -0.15) is 0 Å². The van der Waals surface area contributed by atoms with E-state index in [1.54, 1.807) is 6.08 Å². The van der Waals surface area contributed by atoms with Gasteiger partial charge in [0.2, 0.25) is 5.90 Å². The Morgan fingerprint density at radius 3 is 2.70 bits per heavy atom. The molecule has 0 radical (unpaired) electrons. The van der Waals surface area contributed by atoms with Crippen molar-refractivity contribution >= 4 is 12.2 Å². The fourth-order valence-electron chi connectivity index (χ4n) is 2.43. The minimum absolute atomic E-state index is 0.196. The van der Waals surface area contributed by atoms with Gasteiger partial charge >= 0.3 is 0 Å². The number of hydrogen-bond donors (Lipinski definition) is 1. The normalized spacial score (nSPS) is 18.4. The summed E-state index contributed by atoms with van der Waals surface area (Å²) in [4.78, 5) is 7.85. The molecule has 0 spiro atoms. The van der Waals surface area contributed by atoms with Crippen LogP contribution in [-0.2, 0) is 9.47 Å².